The summed E-state index contributed by atoms with van der Waals surface area (Å²) in [6, 6.07) is 9.69. The van der Waals surface area contributed by atoms with Crippen molar-refractivity contribution in [3.05, 3.63) is 35.9 Å². The molecule has 3 amide bonds. The van der Waals surface area contributed by atoms with Crippen molar-refractivity contribution in [2.45, 2.75) is 63.5 Å². The number of likely N-dealkylation sites (tertiary alicyclic amines) is 1. The van der Waals surface area contributed by atoms with Gasteiger partial charge in [-0.05, 0) is 43.6 Å². The van der Waals surface area contributed by atoms with Crippen molar-refractivity contribution in [3.8, 4) is 0 Å². The molecule has 2 heterocycles. The molecule has 3 fully saturated rings. The zero-order valence-corrected chi connectivity index (χ0v) is 18.9. The summed E-state index contributed by atoms with van der Waals surface area (Å²) >= 11 is 0. The Morgan fingerprint density at radius 1 is 1.03 bits per heavy atom. The highest BCUT2D eigenvalue weighted by Crippen LogP contribution is 2.38. The smallest absolute Gasteiger partial charge is 0.327 e. The van der Waals surface area contributed by atoms with E-state index in [4.69, 9.17) is 4.74 Å². The third-order valence-electron chi connectivity index (χ3n) is 7.46. The minimum atomic E-state index is -0.678. The molecule has 4 rings (SSSR count). The minimum absolute atomic E-state index is 0.00362. The average molecular weight is 428 g/mol. The van der Waals surface area contributed by atoms with Crippen molar-refractivity contribution < 1.29 is 14.3 Å². The molecular weight excluding hydrogens is 390 g/mol. The average Bonchev–Trinajstić information content (AvgIpc) is 2.99. The fourth-order valence-electron chi connectivity index (χ4n) is 5.69. The molecule has 3 aliphatic rings. The first-order chi connectivity index (χ1) is 15.1. The van der Waals surface area contributed by atoms with Crippen LogP contribution in [-0.2, 0) is 16.1 Å². The second kappa shape index (κ2) is 10.1. The maximum absolute atomic E-state index is 13.7. The Morgan fingerprint density at radius 3 is 2.42 bits per heavy atom. The maximum Gasteiger partial charge on any atom is 0.327 e. The summed E-state index contributed by atoms with van der Waals surface area (Å²) in [4.78, 5) is 32.9. The van der Waals surface area contributed by atoms with Crippen molar-refractivity contribution in [1.29, 1.82) is 0 Å². The number of urea groups is 1. The van der Waals surface area contributed by atoms with E-state index in [0.717, 1.165) is 50.4 Å². The molecule has 1 saturated carbocycles. The van der Waals surface area contributed by atoms with Crippen LogP contribution in [0.2, 0.25) is 0 Å². The van der Waals surface area contributed by atoms with E-state index in [9.17, 15) is 9.59 Å². The van der Waals surface area contributed by atoms with E-state index in [1.54, 1.807) is 7.11 Å². The molecule has 1 aliphatic carbocycles. The lowest BCUT2D eigenvalue weighted by molar-refractivity contribution is -0.136. The molecule has 6 heteroatoms. The van der Waals surface area contributed by atoms with Gasteiger partial charge in [-0.15, -0.1) is 0 Å². The number of amides is 3. The van der Waals surface area contributed by atoms with E-state index in [0.29, 0.717) is 19.7 Å². The fraction of sp³-hybridized carbons (Fsp3) is 0.680. The number of nitrogens with zero attached hydrogens (tertiary/aromatic N) is 3. The first-order valence-electron chi connectivity index (χ1n) is 12.0. The fourth-order valence-corrected chi connectivity index (χ4v) is 5.69. The van der Waals surface area contributed by atoms with Gasteiger partial charge < -0.3 is 14.5 Å². The number of hydrogen-bond donors (Lipinski definition) is 0. The normalized spacial score (nSPS) is 22.6. The lowest BCUT2D eigenvalue weighted by Gasteiger charge is -2.43. The molecule has 170 valence electrons. The molecule has 1 aromatic carbocycles. The van der Waals surface area contributed by atoms with Gasteiger partial charge in [-0.1, -0.05) is 49.6 Å². The van der Waals surface area contributed by atoms with E-state index in [-0.39, 0.29) is 11.9 Å². The van der Waals surface area contributed by atoms with Crippen LogP contribution < -0.4 is 0 Å². The summed E-state index contributed by atoms with van der Waals surface area (Å²) in [5, 5.41) is 0. The first kappa shape index (κ1) is 22.3. The van der Waals surface area contributed by atoms with E-state index in [2.05, 4.69) is 4.90 Å². The third kappa shape index (κ3) is 4.80. The number of piperidine rings is 1. The van der Waals surface area contributed by atoms with Crippen LogP contribution in [0.4, 0.5) is 4.79 Å². The first-order valence-corrected chi connectivity index (χ1v) is 12.0. The summed E-state index contributed by atoms with van der Waals surface area (Å²) < 4.78 is 5.22. The van der Waals surface area contributed by atoms with Crippen molar-refractivity contribution >= 4 is 11.9 Å². The highest BCUT2D eigenvalue weighted by atomic mass is 16.5. The van der Waals surface area contributed by atoms with E-state index < -0.39 is 5.54 Å². The molecule has 31 heavy (non-hydrogen) atoms. The maximum atomic E-state index is 13.7. The number of carbonyl (C=O) groups excluding carboxylic acids is 2. The molecule has 0 N–H and O–H groups in total. The van der Waals surface area contributed by atoms with Crippen LogP contribution >= 0.6 is 0 Å². The Labute approximate surface area is 186 Å². The van der Waals surface area contributed by atoms with Gasteiger partial charge in [0.25, 0.3) is 5.91 Å². The van der Waals surface area contributed by atoms with Gasteiger partial charge in [0.2, 0.25) is 0 Å². The predicted molar refractivity (Wildman–Crippen MR) is 121 cm³/mol. The lowest BCUT2D eigenvalue weighted by Crippen LogP contribution is -2.57. The highest BCUT2D eigenvalue weighted by molar-refractivity contribution is 6.07. The second-order valence-electron chi connectivity index (χ2n) is 9.49. The number of imide groups is 1. The summed E-state index contributed by atoms with van der Waals surface area (Å²) in [5.74, 6) is 0.798. The predicted octanol–water partition coefficient (Wildman–Crippen LogP) is 3.90. The van der Waals surface area contributed by atoms with Crippen LogP contribution in [0.5, 0.6) is 0 Å². The Hall–Kier alpha value is -1.92. The van der Waals surface area contributed by atoms with E-state index >= 15 is 0 Å². The molecule has 0 atom stereocenters. The van der Waals surface area contributed by atoms with Crippen LogP contribution in [0, 0.1) is 5.92 Å². The van der Waals surface area contributed by atoms with Gasteiger partial charge in [0.15, 0.2) is 0 Å². The van der Waals surface area contributed by atoms with E-state index in [1.807, 2.05) is 35.2 Å². The standard InChI is InChI=1S/C25H37N3O3/c1-31-18-8-15-28-24(30)27(20-22-11-6-3-7-12-22)23(29)25(28)13-16-26(17-14-25)19-21-9-4-2-5-10-21/h3,6-7,11-12,21H,2,4-5,8-10,13-20H2,1H3. The summed E-state index contributed by atoms with van der Waals surface area (Å²) in [6.45, 7) is 4.47. The van der Waals surface area contributed by atoms with E-state index in [1.165, 1.54) is 37.0 Å². The largest absolute Gasteiger partial charge is 0.385 e. The molecule has 0 radical (unpaired) electrons. The van der Waals surface area contributed by atoms with Crippen molar-refractivity contribution in [2.75, 3.05) is 39.9 Å². The van der Waals surface area contributed by atoms with Gasteiger partial charge in [0.05, 0.1) is 6.54 Å². The van der Waals surface area contributed by atoms with Crippen LogP contribution in [0.15, 0.2) is 30.3 Å². The van der Waals surface area contributed by atoms with Crippen LogP contribution in [0.25, 0.3) is 0 Å². The SMILES string of the molecule is COCCCN1C(=O)N(Cc2ccccc2)C(=O)C12CCN(CC1CCCCC1)CC2. The molecule has 0 bridgehead atoms. The second-order valence-corrected chi connectivity index (χ2v) is 9.49. The number of carbonyl (C=O) groups is 2. The van der Waals surface area contributed by atoms with Crippen LogP contribution in [0.1, 0.15) is 56.9 Å². The van der Waals surface area contributed by atoms with Gasteiger partial charge in [-0.2, -0.15) is 0 Å². The number of rotatable bonds is 8. The summed E-state index contributed by atoms with van der Waals surface area (Å²) in [5.41, 5.74) is 0.315. The van der Waals surface area contributed by atoms with Crippen LogP contribution in [-0.4, -0.2) is 72.1 Å². The number of hydrogen-bond acceptors (Lipinski definition) is 4. The molecule has 2 saturated heterocycles. The van der Waals surface area contributed by atoms with Gasteiger partial charge in [-0.25, -0.2) is 4.79 Å². The van der Waals surface area contributed by atoms with Gasteiger partial charge in [-0.3, -0.25) is 9.69 Å². The van der Waals surface area contributed by atoms with Gasteiger partial charge >= 0.3 is 6.03 Å². The number of benzene rings is 1. The zero-order chi connectivity index (χ0) is 21.7. The quantitative estimate of drug-likeness (QED) is 0.466. The summed E-state index contributed by atoms with van der Waals surface area (Å²) in [6.07, 6.45) is 9.01. The number of methoxy groups -OCH3 is 1. The highest BCUT2D eigenvalue weighted by Gasteiger charge is 2.57. The summed E-state index contributed by atoms with van der Waals surface area (Å²) in [7, 11) is 1.68. The minimum Gasteiger partial charge on any atom is -0.385 e. The lowest BCUT2D eigenvalue weighted by atomic mass is 9.84. The molecule has 0 aromatic heterocycles. The molecule has 1 aromatic rings. The Balaban J connectivity index is 1.46. The molecule has 2 aliphatic heterocycles. The van der Waals surface area contributed by atoms with Crippen molar-refractivity contribution in [2.24, 2.45) is 5.92 Å². The molecule has 0 unspecified atom stereocenters. The van der Waals surface area contributed by atoms with Gasteiger partial charge in [0.1, 0.15) is 5.54 Å². The molecular formula is C25H37N3O3. The van der Waals surface area contributed by atoms with Gasteiger partial charge in [0, 0.05) is 39.9 Å². The molecule has 1 spiro atoms. The van der Waals surface area contributed by atoms with Crippen molar-refractivity contribution in [1.82, 2.24) is 14.7 Å². The Kier molecular flexibility index (Phi) is 7.28. The molecule has 6 nitrogen and oxygen atoms in total. The topological polar surface area (TPSA) is 53.1 Å². The monoisotopic (exact) mass is 427 g/mol. The van der Waals surface area contributed by atoms with Crippen molar-refractivity contribution in [3.63, 3.8) is 0 Å². The van der Waals surface area contributed by atoms with Crippen LogP contribution in [0.3, 0.4) is 0 Å². The third-order valence-corrected chi connectivity index (χ3v) is 7.46. The zero-order valence-electron chi connectivity index (χ0n) is 18.9. The Morgan fingerprint density at radius 2 is 1.74 bits per heavy atom. The number of ether oxygens (including phenoxy) is 1. The Bertz CT molecular complexity index is 740.